The lowest BCUT2D eigenvalue weighted by Gasteiger charge is -2.12. The number of esters is 1. The smallest absolute Gasteiger partial charge is 0.338 e. The predicted molar refractivity (Wildman–Crippen MR) is 113 cm³/mol. The van der Waals surface area contributed by atoms with E-state index < -0.39 is 29.7 Å². The minimum atomic E-state index is -1.06. The normalized spacial score (nSPS) is 13.8. The Kier molecular flexibility index (Phi) is 5.38. The van der Waals surface area contributed by atoms with Crippen LogP contribution in [0.2, 0.25) is 5.02 Å². The lowest BCUT2D eigenvalue weighted by molar-refractivity contribution is 0.0318. The summed E-state index contributed by atoms with van der Waals surface area (Å²) in [4.78, 5) is 51.3. The molecule has 2 amide bonds. The largest absolute Gasteiger partial charge is 0.451 e. The standard InChI is InChI=1S/C21H14ClN3O5S/c1-10(17(26)12-3-6-14(22)7-4-12)30-20(29)13-5-8-15-16(9-13)19(28)25(18(15)27)21-24-23-11(2)31-21/h3-10H,1-2H3/t10-/m0/s1. The zero-order chi connectivity index (χ0) is 22.3. The summed E-state index contributed by atoms with van der Waals surface area (Å²) in [5.74, 6) is -2.32. The molecule has 3 aromatic rings. The van der Waals surface area contributed by atoms with Crippen LogP contribution in [0.3, 0.4) is 0 Å². The van der Waals surface area contributed by atoms with E-state index in [0.29, 0.717) is 15.6 Å². The monoisotopic (exact) mass is 455 g/mol. The molecule has 4 rings (SSSR count). The number of hydrogen-bond acceptors (Lipinski definition) is 8. The maximum absolute atomic E-state index is 12.8. The van der Waals surface area contributed by atoms with Crippen molar-refractivity contribution < 1.29 is 23.9 Å². The van der Waals surface area contributed by atoms with Gasteiger partial charge in [-0.2, -0.15) is 0 Å². The van der Waals surface area contributed by atoms with Gasteiger partial charge in [0, 0.05) is 10.6 Å². The van der Waals surface area contributed by atoms with E-state index >= 15 is 0 Å². The third-order valence-electron chi connectivity index (χ3n) is 4.61. The minimum Gasteiger partial charge on any atom is -0.451 e. The van der Waals surface area contributed by atoms with Gasteiger partial charge >= 0.3 is 5.97 Å². The average Bonchev–Trinajstić information content (AvgIpc) is 3.28. The molecule has 1 aliphatic heterocycles. The fraction of sp³-hybridized carbons (Fsp3) is 0.143. The summed E-state index contributed by atoms with van der Waals surface area (Å²) in [7, 11) is 0. The third kappa shape index (κ3) is 3.85. The zero-order valence-electron chi connectivity index (χ0n) is 16.3. The number of ketones is 1. The molecule has 8 nitrogen and oxygen atoms in total. The summed E-state index contributed by atoms with van der Waals surface area (Å²) in [5, 5.41) is 8.93. The van der Waals surface area contributed by atoms with Crippen molar-refractivity contribution >= 4 is 51.6 Å². The molecule has 2 heterocycles. The fourth-order valence-corrected chi connectivity index (χ4v) is 3.86. The third-order valence-corrected chi connectivity index (χ3v) is 5.69. The van der Waals surface area contributed by atoms with Crippen molar-refractivity contribution in [1.82, 2.24) is 10.2 Å². The number of carbonyl (C=O) groups is 4. The lowest BCUT2D eigenvalue weighted by atomic mass is 10.1. The van der Waals surface area contributed by atoms with Crippen LogP contribution in [0.1, 0.15) is 53.4 Å². The fourth-order valence-electron chi connectivity index (χ4n) is 3.05. The van der Waals surface area contributed by atoms with E-state index in [0.717, 1.165) is 16.2 Å². The highest BCUT2D eigenvalue weighted by molar-refractivity contribution is 7.15. The number of carbonyl (C=O) groups excluding carboxylic acids is 4. The first-order chi connectivity index (χ1) is 14.8. The number of nitrogens with zero attached hydrogens (tertiary/aromatic N) is 3. The summed E-state index contributed by atoms with van der Waals surface area (Å²) in [6.07, 6.45) is -1.06. The van der Waals surface area contributed by atoms with Crippen molar-refractivity contribution in [1.29, 1.82) is 0 Å². The molecule has 1 atom stereocenters. The van der Waals surface area contributed by atoms with Crippen LogP contribution < -0.4 is 4.90 Å². The van der Waals surface area contributed by atoms with Crippen LogP contribution in [-0.4, -0.2) is 39.9 Å². The van der Waals surface area contributed by atoms with Gasteiger partial charge in [0.2, 0.25) is 10.9 Å². The number of imide groups is 1. The first kappa shape index (κ1) is 20.8. The molecule has 0 spiro atoms. The quantitative estimate of drug-likeness (QED) is 0.327. The Morgan fingerprint density at radius 3 is 2.29 bits per heavy atom. The van der Waals surface area contributed by atoms with Gasteiger partial charge in [0.1, 0.15) is 5.01 Å². The van der Waals surface area contributed by atoms with Gasteiger partial charge in [0.25, 0.3) is 11.8 Å². The molecule has 0 saturated carbocycles. The molecule has 10 heteroatoms. The lowest BCUT2D eigenvalue weighted by Crippen LogP contribution is -2.29. The van der Waals surface area contributed by atoms with Crippen LogP contribution >= 0.6 is 22.9 Å². The molecule has 1 aromatic heterocycles. The van der Waals surface area contributed by atoms with E-state index in [2.05, 4.69) is 10.2 Å². The van der Waals surface area contributed by atoms with Crippen LogP contribution in [0.25, 0.3) is 0 Å². The Morgan fingerprint density at radius 2 is 1.65 bits per heavy atom. The van der Waals surface area contributed by atoms with E-state index in [1.807, 2.05) is 0 Å². The molecule has 1 aliphatic rings. The van der Waals surface area contributed by atoms with Gasteiger partial charge in [-0.25, -0.2) is 9.69 Å². The highest BCUT2D eigenvalue weighted by Crippen LogP contribution is 2.31. The SMILES string of the molecule is Cc1nnc(N2C(=O)c3ccc(C(=O)O[C@@H](C)C(=O)c4ccc(Cl)cc4)cc3C2=O)s1. The number of hydrogen-bond donors (Lipinski definition) is 0. The Bertz CT molecular complexity index is 1240. The number of halogens is 1. The molecule has 0 N–H and O–H groups in total. The molecule has 0 unspecified atom stereocenters. The maximum Gasteiger partial charge on any atom is 0.338 e. The van der Waals surface area contributed by atoms with Gasteiger partial charge in [-0.1, -0.05) is 22.9 Å². The van der Waals surface area contributed by atoms with E-state index in [1.54, 1.807) is 31.2 Å². The zero-order valence-corrected chi connectivity index (χ0v) is 17.9. The number of fused-ring (bicyclic) bond motifs is 1. The van der Waals surface area contributed by atoms with Gasteiger partial charge in [-0.05, 0) is 56.3 Å². The summed E-state index contributed by atoms with van der Waals surface area (Å²) in [6, 6.07) is 10.3. The van der Waals surface area contributed by atoms with Crippen molar-refractivity contribution in [3.8, 4) is 0 Å². The van der Waals surface area contributed by atoms with Crippen molar-refractivity contribution in [2.45, 2.75) is 20.0 Å². The Hall–Kier alpha value is -3.43. The first-order valence-electron chi connectivity index (χ1n) is 9.10. The number of anilines is 1. The number of Topliss-reactive ketones (excluding diaryl/α,β-unsaturated/α-hetero) is 1. The highest BCUT2D eigenvalue weighted by atomic mass is 35.5. The molecule has 0 aliphatic carbocycles. The number of rotatable bonds is 5. The van der Waals surface area contributed by atoms with Crippen LogP contribution in [0.5, 0.6) is 0 Å². The van der Waals surface area contributed by atoms with Crippen LogP contribution in [0.4, 0.5) is 5.13 Å². The molecule has 0 fully saturated rings. The van der Waals surface area contributed by atoms with Gasteiger partial charge in [-0.3, -0.25) is 14.4 Å². The summed E-state index contributed by atoms with van der Waals surface area (Å²) >= 11 is 6.93. The van der Waals surface area contributed by atoms with Gasteiger partial charge in [0.05, 0.1) is 16.7 Å². The highest BCUT2D eigenvalue weighted by Gasteiger charge is 2.39. The number of aryl methyl sites for hydroxylation is 1. The average molecular weight is 456 g/mol. The van der Waals surface area contributed by atoms with Gasteiger partial charge in [-0.15, -0.1) is 10.2 Å². The van der Waals surface area contributed by atoms with Gasteiger partial charge in [0.15, 0.2) is 6.10 Å². The summed E-state index contributed by atoms with van der Waals surface area (Å²) in [6.45, 7) is 3.16. The second-order valence-corrected chi connectivity index (χ2v) is 8.32. The van der Waals surface area contributed by atoms with Crippen molar-refractivity contribution in [2.75, 3.05) is 4.90 Å². The van der Waals surface area contributed by atoms with E-state index in [4.69, 9.17) is 16.3 Å². The molecule has 31 heavy (non-hydrogen) atoms. The summed E-state index contributed by atoms with van der Waals surface area (Å²) < 4.78 is 5.27. The Labute approximate surface area is 185 Å². The Balaban J connectivity index is 1.53. The minimum absolute atomic E-state index is 0.0472. The first-order valence-corrected chi connectivity index (χ1v) is 10.3. The van der Waals surface area contributed by atoms with Crippen molar-refractivity contribution in [2.24, 2.45) is 0 Å². The predicted octanol–water partition coefficient (Wildman–Crippen LogP) is 3.73. The molecular weight excluding hydrogens is 442 g/mol. The van der Waals surface area contributed by atoms with Gasteiger partial charge < -0.3 is 4.74 Å². The van der Waals surface area contributed by atoms with Crippen LogP contribution in [0, 0.1) is 6.92 Å². The van der Waals surface area contributed by atoms with Crippen LogP contribution in [0.15, 0.2) is 42.5 Å². The number of benzene rings is 2. The number of ether oxygens (including phenoxy) is 1. The van der Waals surface area contributed by atoms with E-state index in [-0.39, 0.29) is 21.8 Å². The molecule has 0 radical (unpaired) electrons. The van der Waals surface area contributed by atoms with Crippen molar-refractivity contribution in [3.63, 3.8) is 0 Å². The van der Waals surface area contributed by atoms with Crippen LogP contribution in [-0.2, 0) is 4.74 Å². The molecular formula is C21H14ClN3O5S. The molecule has 156 valence electrons. The number of amides is 2. The van der Waals surface area contributed by atoms with E-state index in [1.165, 1.54) is 25.1 Å². The molecule has 0 bridgehead atoms. The molecule has 0 saturated heterocycles. The maximum atomic E-state index is 12.8. The Morgan fingerprint density at radius 1 is 1.00 bits per heavy atom. The van der Waals surface area contributed by atoms with E-state index in [9.17, 15) is 19.2 Å². The topological polar surface area (TPSA) is 107 Å². The number of aromatic nitrogens is 2. The second kappa shape index (κ2) is 8.01. The second-order valence-electron chi connectivity index (χ2n) is 6.73. The van der Waals surface area contributed by atoms with Crippen molar-refractivity contribution in [3.05, 3.63) is 74.7 Å². The molecule has 2 aromatic carbocycles. The summed E-state index contributed by atoms with van der Waals surface area (Å²) in [5.41, 5.74) is 0.608.